The van der Waals surface area contributed by atoms with Crippen molar-refractivity contribution in [2.24, 2.45) is 0 Å². The number of nitrogens with zero attached hydrogens (tertiary/aromatic N) is 1. The molecule has 14 heavy (non-hydrogen) atoms. The van der Waals surface area contributed by atoms with Crippen LogP contribution in [0.4, 0.5) is 0 Å². The summed E-state index contributed by atoms with van der Waals surface area (Å²) in [6.45, 7) is 3.25. The first kappa shape index (κ1) is 9.93. The number of nitrogens with one attached hydrogen (secondary N) is 1. The van der Waals surface area contributed by atoms with E-state index < -0.39 is 0 Å². The van der Waals surface area contributed by atoms with Gasteiger partial charge in [-0.1, -0.05) is 0 Å². The van der Waals surface area contributed by atoms with Crippen LogP contribution in [-0.2, 0) is 6.42 Å². The molecule has 0 fully saturated rings. The number of hydrogen-bond donors (Lipinski definition) is 1. The van der Waals surface area contributed by atoms with Gasteiger partial charge in [0.15, 0.2) is 5.11 Å². The highest BCUT2D eigenvalue weighted by atomic mass is 32.1. The molecule has 1 aromatic heterocycles. The average Bonchev–Trinajstić information content (AvgIpc) is 2.66. The summed E-state index contributed by atoms with van der Waals surface area (Å²) in [5.41, 5.74) is 1.44. The molecule has 1 aliphatic rings. The minimum Gasteiger partial charge on any atom is -0.366 e. The van der Waals surface area contributed by atoms with Gasteiger partial charge in [-0.2, -0.15) is 0 Å². The maximum Gasteiger partial charge on any atom is 0.169 e. The number of thiophene rings is 1. The summed E-state index contributed by atoms with van der Waals surface area (Å²) in [6, 6.07) is 2.64. The highest BCUT2D eigenvalue weighted by molar-refractivity contribution is 7.80. The Labute approximate surface area is 93.9 Å². The Balaban J connectivity index is 2.25. The fraction of sp³-hybridized carbons (Fsp3) is 0.500. The molecule has 0 amide bonds. The first-order chi connectivity index (χ1) is 6.74. The predicted octanol–water partition coefficient (Wildman–Crippen LogP) is 2.17. The third-order valence-electron chi connectivity index (χ3n) is 2.75. The zero-order chi connectivity index (χ0) is 10.1. The van der Waals surface area contributed by atoms with Gasteiger partial charge >= 0.3 is 0 Å². The Morgan fingerprint density at radius 2 is 2.50 bits per heavy atom. The van der Waals surface area contributed by atoms with Crippen LogP contribution in [0.15, 0.2) is 11.4 Å². The Kier molecular flexibility index (Phi) is 2.74. The molecule has 1 aliphatic heterocycles. The van der Waals surface area contributed by atoms with E-state index in [1.807, 2.05) is 18.4 Å². The Hall–Kier alpha value is -0.610. The Morgan fingerprint density at radius 1 is 1.71 bits per heavy atom. The number of thiocarbonyl (C=S) groups is 1. The molecule has 1 N–H and O–H groups in total. The van der Waals surface area contributed by atoms with E-state index in [0.29, 0.717) is 6.04 Å². The fourth-order valence-electron chi connectivity index (χ4n) is 1.93. The van der Waals surface area contributed by atoms with Crippen molar-refractivity contribution in [1.82, 2.24) is 10.2 Å². The van der Waals surface area contributed by atoms with Crippen LogP contribution in [0.3, 0.4) is 0 Å². The summed E-state index contributed by atoms with van der Waals surface area (Å²) in [6.07, 6.45) is 1.12. The van der Waals surface area contributed by atoms with Crippen molar-refractivity contribution < 1.29 is 0 Å². The lowest BCUT2D eigenvalue weighted by molar-refractivity contribution is 0.319. The van der Waals surface area contributed by atoms with Gasteiger partial charge in [-0.05, 0) is 42.6 Å². The molecule has 4 heteroatoms. The minimum absolute atomic E-state index is 0.421. The summed E-state index contributed by atoms with van der Waals surface area (Å²) >= 11 is 7.13. The van der Waals surface area contributed by atoms with E-state index in [9.17, 15) is 0 Å². The van der Waals surface area contributed by atoms with Crippen molar-refractivity contribution in [2.45, 2.75) is 19.4 Å². The standard InChI is InChI=1S/C10H14N2S2/c1-7-8-4-6-14-9(8)3-5-12(7)10(13)11-2/h4,6-7H,3,5H2,1-2H3,(H,11,13)/t7-/m1/s1. The SMILES string of the molecule is CNC(=S)N1CCc2sccc2[C@H]1C. The lowest BCUT2D eigenvalue weighted by Crippen LogP contribution is -2.42. The van der Waals surface area contributed by atoms with Crippen molar-refractivity contribution in [3.63, 3.8) is 0 Å². The largest absolute Gasteiger partial charge is 0.366 e. The monoisotopic (exact) mass is 226 g/mol. The summed E-state index contributed by atoms with van der Waals surface area (Å²) < 4.78 is 0. The van der Waals surface area contributed by atoms with E-state index in [4.69, 9.17) is 12.2 Å². The van der Waals surface area contributed by atoms with Crippen molar-refractivity contribution in [3.05, 3.63) is 21.9 Å². The van der Waals surface area contributed by atoms with Crippen LogP contribution in [0.25, 0.3) is 0 Å². The van der Waals surface area contributed by atoms with E-state index in [2.05, 4.69) is 28.6 Å². The second kappa shape index (κ2) is 3.87. The normalized spacial score (nSPS) is 20.4. The molecule has 0 radical (unpaired) electrons. The molecule has 0 saturated heterocycles. The van der Waals surface area contributed by atoms with Crippen LogP contribution < -0.4 is 5.32 Å². The molecule has 2 nitrogen and oxygen atoms in total. The van der Waals surface area contributed by atoms with Crippen molar-refractivity contribution in [3.8, 4) is 0 Å². The number of fused-ring (bicyclic) bond motifs is 1. The molecule has 2 rings (SSSR count). The molecule has 2 heterocycles. The zero-order valence-corrected chi connectivity index (χ0v) is 10.0. The van der Waals surface area contributed by atoms with Crippen molar-refractivity contribution in [2.75, 3.05) is 13.6 Å². The molecule has 1 aromatic rings. The molecule has 0 bridgehead atoms. The molecule has 0 aliphatic carbocycles. The second-order valence-corrected chi connectivity index (χ2v) is 4.86. The first-order valence-electron chi connectivity index (χ1n) is 4.78. The van der Waals surface area contributed by atoms with E-state index in [1.54, 1.807) is 0 Å². The number of rotatable bonds is 0. The molecule has 0 saturated carbocycles. The number of hydrogen-bond acceptors (Lipinski definition) is 2. The van der Waals surface area contributed by atoms with Crippen molar-refractivity contribution >= 4 is 28.7 Å². The third kappa shape index (κ3) is 1.53. The van der Waals surface area contributed by atoms with Gasteiger partial charge in [-0.15, -0.1) is 11.3 Å². The van der Waals surface area contributed by atoms with E-state index in [1.165, 1.54) is 10.4 Å². The first-order valence-corrected chi connectivity index (χ1v) is 6.07. The topological polar surface area (TPSA) is 15.3 Å². The van der Waals surface area contributed by atoms with Gasteiger partial charge in [0.05, 0.1) is 6.04 Å². The Morgan fingerprint density at radius 3 is 3.21 bits per heavy atom. The quantitative estimate of drug-likeness (QED) is 0.683. The van der Waals surface area contributed by atoms with E-state index >= 15 is 0 Å². The van der Waals surface area contributed by atoms with Crippen LogP contribution in [0.1, 0.15) is 23.4 Å². The fourth-order valence-corrected chi connectivity index (χ4v) is 3.14. The van der Waals surface area contributed by atoms with Gasteiger partial charge in [0.25, 0.3) is 0 Å². The Bertz CT molecular complexity index is 346. The van der Waals surface area contributed by atoms with Crippen LogP contribution in [0.5, 0.6) is 0 Å². The second-order valence-electron chi connectivity index (χ2n) is 3.47. The lowest BCUT2D eigenvalue weighted by atomic mass is 10.0. The predicted molar refractivity (Wildman–Crippen MR) is 64.8 cm³/mol. The highest BCUT2D eigenvalue weighted by Crippen LogP contribution is 2.32. The van der Waals surface area contributed by atoms with Gasteiger partial charge in [0.1, 0.15) is 0 Å². The van der Waals surface area contributed by atoms with Gasteiger partial charge < -0.3 is 10.2 Å². The van der Waals surface area contributed by atoms with Crippen LogP contribution in [0, 0.1) is 0 Å². The van der Waals surface area contributed by atoms with Crippen LogP contribution in [0.2, 0.25) is 0 Å². The molecular weight excluding hydrogens is 212 g/mol. The minimum atomic E-state index is 0.421. The summed E-state index contributed by atoms with van der Waals surface area (Å²) in [4.78, 5) is 3.78. The van der Waals surface area contributed by atoms with E-state index in [-0.39, 0.29) is 0 Å². The maximum atomic E-state index is 5.27. The molecule has 0 unspecified atom stereocenters. The van der Waals surface area contributed by atoms with Crippen LogP contribution >= 0.6 is 23.6 Å². The molecule has 0 aromatic carbocycles. The molecular formula is C10H14N2S2. The summed E-state index contributed by atoms with van der Waals surface area (Å²) in [7, 11) is 1.89. The maximum absolute atomic E-state index is 5.27. The molecule has 0 spiro atoms. The average molecular weight is 226 g/mol. The summed E-state index contributed by atoms with van der Waals surface area (Å²) in [5, 5.41) is 6.08. The zero-order valence-electron chi connectivity index (χ0n) is 8.41. The van der Waals surface area contributed by atoms with E-state index in [0.717, 1.165) is 18.1 Å². The van der Waals surface area contributed by atoms with Gasteiger partial charge in [-0.3, -0.25) is 0 Å². The van der Waals surface area contributed by atoms with Crippen LogP contribution in [-0.4, -0.2) is 23.6 Å². The lowest BCUT2D eigenvalue weighted by Gasteiger charge is -2.35. The smallest absolute Gasteiger partial charge is 0.169 e. The van der Waals surface area contributed by atoms with Gasteiger partial charge in [0, 0.05) is 18.5 Å². The molecule has 1 atom stereocenters. The van der Waals surface area contributed by atoms with Crippen molar-refractivity contribution in [1.29, 1.82) is 0 Å². The third-order valence-corrected chi connectivity index (χ3v) is 4.19. The highest BCUT2D eigenvalue weighted by Gasteiger charge is 2.25. The molecule has 76 valence electrons. The summed E-state index contributed by atoms with van der Waals surface area (Å²) in [5.74, 6) is 0. The van der Waals surface area contributed by atoms with Gasteiger partial charge in [-0.25, -0.2) is 0 Å². The van der Waals surface area contributed by atoms with Gasteiger partial charge in [0.2, 0.25) is 0 Å².